The minimum absolute atomic E-state index is 0.644. The molecular weight excluding hydrogens is 376 g/mol. The molecule has 1 atom stereocenters. The Morgan fingerprint density at radius 1 is 0.419 bits per heavy atom. The third kappa shape index (κ3) is 14.9. The summed E-state index contributed by atoms with van der Waals surface area (Å²) in [6, 6.07) is 0. The van der Waals surface area contributed by atoms with Crippen molar-refractivity contribution < 1.29 is 0 Å². The van der Waals surface area contributed by atoms with Gasteiger partial charge in [0.2, 0.25) is 0 Å². The predicted octanol–water partition coefficient (Wildman–Crippen LogP) is 9.65. The van der Waals surface area contributed by atoms with E-state index >= 15 is 0 Å². The highest BCUT2D eigenvalue weighted by Gasteiger charge is 2.24. The molecule has 0 aromatic carbocycles. The Morgan fingerprint density at radius 3 is 1.23 bits per heavy atom. The Balaban J connectivity index is 2.15. The van der Waals surface area contributed by atoms with Crippen molar-refractivity contribution in [3.63, 3.8) is 0 Å². The molecule has 0 aliphatic carbocycles. The molecule has 31 heavy (non-hydrogen) atoms. The molecule has 0 aromatic rings. The molecule has 184 valence electrons. The molecule has 0 fully saturated rings. The van der Waals surface area contributed by atoms with Gasteiger partial charge >= 0.3 is 0 Å². The molecule has 1 aliphatic heterocycles. The topological polar surface area (TPSA) is 6.48 Å². The van der Waals surface area contributed by atoms with Gasteiger partial charge in [0.05, 0.1) is 0 Å². The molecule has 0 N–H and O–H groups in total. The molecule has 1 rings (SSSR count). The molecular formula is C29H58N2. The van der Waals surface area contributed by atoms with E-state index in [0.29, 0.717) is 6.17 Å². The molecule has 0 saturated heterocycles. The van der Waals surface area contributed by atoms with Crippen molar-refractivity contribution in [2.75, 3.05) is 13.1 Å². The first-order valence-corrected chi connectivity index (χ1v) is 14.5. The normalized spacial score (nSPS) is 16.0. The molecule has 0 aromatic heterocycles. The van der Waals surface area contributed by atoms with Crippen LogP contribution in [0.5, 0.6) is 0 Å². The fraction of sp³-hybridized carbons (Fsp3) is 0.931. The van der Waals surface area contributed by atoms with Crippen molar-refractivity contribution in [3.05, 3.63) is 12.4 Å². The van der Waals surface area contributed by atoms with Crippen LogP contribution in [0.2, 0.25) is 0 Å². The molecule has 2 heteroatoms. The molecule has 0 spiro atoms. The predicted molar refractivity (Wildman–Crippen MR) is 140 cm³/mol. The quantitative estimate of drug-likeness (QED) is 0.148. The van der Waals surface area contributed by atoms with Gasteiger partial charge in [0.25, 0.3) is 0 Å². The lowest BCUT2D eigenvalue weighted by Crippen LogP contribution is -2.39. The van der Waals surface area contributed by atoms with Crippen LogP contribution in [0.4, 0.5) is 0 Å². The molecule has 0 saturated carbocycles. The van der Waals surface area contributed by atoms with E-state index in [2.05, 4.69) is 43.0 Å². The lowest BCUT2D eigenvalue weighted by atomic mass is 10.0. The molecule has 1 heterocycles. The minimum atomic E-state index is 0.644. The zero-order valence-corrected chi connectivity index (χ0v) is 21.9. The molecule has 1 aliphatic rings. The largest absolute Gasteiger partial charge is 0.356 e. The second-order valence-corrected chi connectivity index (χ2v) is 10.1. The highest BCUT2D eigenvalue weighted by molar-refractivity contribution is 4.96. The third-order valence-corrected chi connectivity index (χ3v) is 7.07. The van der Waals surface area contributed by atoms with E-state index < -0.39 is 0 Å². The summed E-state index contributed by atoms with van der Waals surface area (Å²) in [7, 11) is 0. The fourth-order valence-electron chi connectivity index (χ4n) is 4.92. The van der Waals surface area contributed by atoms with Gasteiger partial charge in [-0.25, -0.2) is 0 Å². The van der Waals surface area contributed by atoms with Gasteiger partial charge in [-0.1, -0.05) is 130 Å². The number of rotatable bonds is 23. The number of hydrogen-bond donors (Lipinski definition) is 0. The first-order valence-electron chi connectivity index (χ1n) is 14.5. The Hall–Kier alpha value is -0.660. The average Bonchev–Trinajstić information content (AvgIpc) is 3.16. The van der Waals surface area contributed by atoms with Gasteiger partial charge in [-0.15, -0.1) is 0 Å². The lowest BCUT2D eigenvalue weighted by Gasteiger charge is -2.33. The maximum Gasteiger partial charge on any atom is 0.101 e. The van der Waals surface area contributed by atoms with Gasteiger partial charge in [0.1, 0.15) is 6.17 Å². The summed E-state index contributed by atoms with van der Waals surface area (Å²) in [6.45, 7) is 9.42. The van der Waals surface area contributed by atoms with Crippen LogP contribution in [0.3, 0.4) is 0 Å². The van der Waals surface area contributed by atoms with Gasteiger partial charge in [-0.2, -0.15) is 0 Å². The third-order valence-electron chi connectivity index (χ3n) is 7.07. The van der Waals surface area contributed by atoms with E-state index in [9.17, 15) is 0 Å². The van der Waals surface area contributed by atoms with Crippen molar-refractivity contribution in [3.8, 4) is 0 Å². The standard InChI is InChI=1S/C29H58N2/c1-4-7-10-12-14-15-16-17-18-20-22-24-29-30(25-9-6-3)27-28-31(29)26-23-21-19-13-11-8-5-2/h27-29H,4-26H2,1-3H3. The Morgan fingerprint density at radius 2 is 0.774 bits per heavy atom. The summed E-state index contributed by atoms with van der Waals surface area (Å²) in [6.07, 6.45) is 35.1. The second kappa shape index (κ2) is 21.2. The Kier molecular flexibility index (Phi) is 19.4. The summed E-state index contributed by atoms with van der Waals surface area (Å²) in [4.78, 5) is 5.30. The number of unbranched alkanes of at least 4 members (excludes halogenated alkanes) is 17. The van der Waals surface area contributed by atoms with Crippen molar-refractivity contribution in [1.29, 1.82) is 0 Å². The lowest BCUT2D eigenvalue weighted by molar-refractivity contribution is 0.136. The van der Waals surface area contributed by atoms with Crippen molar-refractivity contribution in [2.24, 2.45) is 0 Å². The number of hydrogen-bond acceptors (Lipinski definition) is 2. The fourth-order valence-corrected chi connectivity index (χ4v) is 4.92. The second-order valence-electron chi connectivity index (χ2n) is 10.1. The monoisotopic (exact) mass is 434 g/mol. The summed E-state index contributed by atoms with van der Waals surface area (Å²) < 4.78 is 0. The molecule has 0 bridgehead atoms. The maximum atomic E-state index is 2.66. The maximum absolute atomic E-state index is 2.66. The molecule has 0 radical (unpaired) electrons. The van der Waals surface area contributed by atoms with Crippen LogP contribution >= 0.6 is 0 Å². The summed E-state index contributed by atoms with van der Waals surface area (Å²) in [5.74, 6) is 0. The Labute approximate surface area is 197 Å². The van der Waals surface area contributed by atoms with Crippen LogP contribution in [0.15, 0.2) is 12.4 Å². The molecule has 2 nitrogen and oxygen atoms in total. The van der Waals surface area contributed by atoms with Gasteiger partial charge in [-0.3, -0.25) is 0 Å². The van der Waals surface area contributed by atoms with E-state index in [1.54, 1.807) is 0 Å². The van der Waals surface area contributed by atoms with E-state index in [1.165, 1.54) is 148 Å². The zero-order chi connectivity index (χ0) is 22.4. The van der Waals surface area contributed by atoms with Gasteiger partial charge in [0.15, 0.2) is 0 Å². The van der Waals surface area contributed by atoms with Crippen molar-refractivity contribution in [1.82, 2.24) is 9.80 Å². The molecule has 1 unspecified atom stereocenters. The Bertz CT molecular complexity index is 392. The summed E-state index contributed by atoms with van der Waals surface area (Å²) in [5, 5.41) is 0. The van der Waals surface area contributed by atoms with Crippen molar-refractivity contribution >= 4 is 0 Å². The minimum Gasteiger partial charge on any atom is -0.356 e. The van der Waals surface area contributed by atoms with Gasteiger partial charge < -0.3 is 9.80 Å². The van der Waals surface area contributed by atoms with Gasteiger partial charge in [0, 0.05) is 25.5 Å². The highest BCUT2D eigenvalue weighted by Crippen LogP contribution is 2.23. The van der Waals surface area contributed by atoms with Crippen LogP contribution in [0, 0.1) is 0 Å². The smallest absolute Gasteiger partial charge is 0.101 e. The summed E-state index contributed by atoms with van der Waals surface area (Å²) >= 11 is 0. The van der Waals surface area contributed by atoms with Crippen LogP contribution in [0.1, 0.15) is 156 Å². The van der Waals surface area contributed by atoms with Crippen LogP contribution in [-0.4, -0.2) is 29.1 Å². The van der Waals surface area contributed by atoms with E-state index in [-0.39, 0.29) is 0 Å². The van der Waals surface area contributed by atoms with Crippen LogP contribution in [0.25, 0.3) is 0 Å². The highest BCUT2D eigenvalue weighted by atomic mass is 15.4. The first kappa shape index (κ1) is 28.4. The summed E-state index contributed by atoms with van der Waals surface area (Å²) in [5.41, 5.74) is 0. The van der Waals surface area contributed by atoms with E-state index in [4.69, 9.17) is 0 Å². The van der Waals surface area contributed by atoms with Crippen LogP contribution in [-0.2, 0) is 0 Å². The SMILES string of the molecule is CCCCCCCCCCCCCC1N(CCCC)C=CN1CCCCCCCCC. The number of nitrogens with zero attached hydrogens (tertiary/aromatic N) is 2. The van der Waals surface area contributed by atoms with Crippen molar-refractivity contribution in [2.45, 2.75) is 162 Å². The van der Waals surface area contributed by atoms with E-state index in [1.807, 2.05) is 0 Å². The first-order chi connectivity index (χ1) is 15.3. The van der Waals surface area contributed by atoms with E-state index in [0.717, 1.165) is 0 Å². The average molecular weight is 435 g/mol. The molecule has 0 amide bonds. The zero-order valence-electron chi connectivity index (χ0n) is 21.9. The van der Waals surface area contributed by atoms with Crippen LogP contribution < -0.4 is 0 Å². The van der Waals surface area contributed by atoms with Gasteiger partial charge in [-0.05, 0) is 25.7 Å².